The van der Waals surface area contributed by atoms with Gasteiger partial charge in [-0.2, -0.15) is 0 Å². The van der Waals surface area contributed by atoms with Gasteiger partial charge in [0.05, 0.1) is 5.92 Å². The van der Waals surface area contributed by atoms with Gasteiger partial charge in [-0.3, -0.25) is 19.2 Å². The Labute approximate surface area is 208 Å². The molecule has 0 aliphatic rings. The van der Waals surface area contributed by atoms with E-state index in [-0.39, 0.29) is 12.2 Å². The summed E-state index contributed by atoms with van der Waals surface area (Å²) in [6.45, 7) is 1.48. The van der Waals surface area contributed by atoms with Crippen molar-refractivity contribution >= 4 is 40.9 Å². The van der Waals surface area contributed by atoms with E-state index >= 15 is 0 Å². The van der Waals surface area contributed by atoms with Crippen LogP contribution < -0.4 is 10.6 Å². The minimum atomic E-state index is -1.26. The highest BCUT2D eigenvalue weighted by atomic mass is 35.5. The molecule has 1 unspecified atom stereocenters. The highest BCUT2D eigenvalue weighted by molar-refractivity contribution is 6.30. The summed E-state index contributed by atoms with van der Waals surface area (Å²) in [6.07, 6.45) is -0.769. The van der Waals surface area contributed by atoms with Crippen LogP contribution in [0.4, 0.5) is 5.69 Å². The number of carbonyl (C=O) groups is 4. The molecule has 3 rings (SSSR count). The maximum Gasteiger partial charge on any atom is 0.307 e. The lowest BCUT2D eigenvalue weighted by Crippen LogP contribution is -2.42. The summed E-state index contributed by atoms with van der Waals surface area (Å²) in [5.41, 5.74) is 2.77. The number of aliphatic carboxylic acids is 1. The van der Waals surface area contributed by atoms with Crippen molar-refractivity contribution in [3.63, 3.8) is 0 Å². The molecule has 3 N–H and O–H groups in total. The van der Waals surface area contributed by atoms with Crippen LogP contribution in [-0.4, -0.2) is 34.7 Å². The number of hydrogen-bond donors (Lipinski definition) is 3. The molecule has 0 spiro atoms. The van der Waals surface area contributed by atoms with Crippen LogP contribution in [0.1, 0.15) is 30.1 Å². The van der Waals surface area contributed by atoms with Crippen LogP contribution in [0.5, 0.6) is 0 Å². The molecule has 7 nitrogen and oxygen atoms in total. The van der Waals surface area contributed by atoms with Gasteiger partial charge in [0, 0.05) is 29.1 Å². The lowest BCUT2D eigenvalue weighted by molar-refractivity contribution is -0.144. The predicted molar refractivity (Wildman–Crippen MR) is 134 cm³/mol. The zero-order valence-electron chi connectivity index (χ0n) is 19.0. The molecule has 2 amide bonds. The first kappa shape index (κ1) is 25.6. The molecule has 0 saturated carbocycles. The van der Waals surface area contributed by atoms with Crippen LogP contribution in [-0.2, 0) is 14.4 Å². The number of anilines is 1. The summed E-state index contributed by atoms with van der Waals surface area (Å²) in [6, 6.07) is 22.2. The van der Waals surface area contributed by atoms with Gasteiger partial charge in [0.15, 0.2) is 5.78 Å². The van der Waals surface area contributed by atoms with Crippen LogP contribution in [0.25, 0.3) is 11.1 Å². The fourth-order valence-corrected chi connectivity index (χ4v) is 3.66. The maximum absolute atomic E-state index is 12.7. The van der Waals surface area contributed by atoms with Crippen LogP contribution in [0.2, 0.25) is 5.02 Å². The van der Waals surface area contributed by atoms with Gasteiger partial charge in [-0.05, 0) is 36.2 Å². The van der Waals surface area contributed by atoms with Gasteiger partial charge in [-0.15, -0.1) is 0 Å². The fourth-order valence-electron chi connectivity index (χ4n) is 3.47. The standard InChI is InChI=1S/C27H25ClN2O5/c1-17(26(33)30-23-9-5-8-22(28)16-23)29-25(32)15-21(27(34)35)14-24(31)20-12-10-19(11-13-20)18-6-3-2-4-7-18/h2-13,16-17,21H,14-15H2,1H3,(H,29,32)(H,30,33)(H,34,35)/t17-,21?/m0/s1. The fraction of sp³-hybridized carbons (Fsp3) is 0.185. The number of halogens is 1. The Hall–Kier alpha value is -3.97. The first-order valence-corrected chi connectivity index (χ1v) is 11.4. The second-order valence-corrected chi connectivity index (χ2v) is 8.54. The van der Waals surface area contributed by atoms with Crippen LogP contribution in [0.15, 0.2) is 78.9 Å². The zero-order valence-corrected chi connectivity index (χ0v) is 19.8. The summed E-state index contributed by atoms with van der Waals surface area (Å²) >= 11 is 5.90. The minimum Gasteiger partial charge on any atom is -0.481 e. The maximum atomic E-state index is 12.7. The molecule has 8 heteroatoms. The Bertz CT molecular complexity index is 1210. The Balaban J connectivity index is 1.56. The van der Waals surface area contributed by atoms with Gasteiger partial charge in [-0.25, -0.2) is 0 Å². The SMILES string of the molecule is C[C@H](NC(=O)CC(CC(=O)c1ccc(-c2ccccc2)cc1)C(=O)O)C(=O)Nc1cccc(Cl)c1. The molecule has 3 aromatic carbocycles. The normalized spacial score (nSPS) is 12.3. The van der Waals surface area contributed by atoms with Crippen molar-refractivity contribution in [3.05, 3.63) is 89.4 Å². The molecule has 0 aromatic heterocycles. The number of hydrogen-bond acceptors (Lipinski definition) is 4. The molecule has 0 heterocycles. The van der Waals surface area contributed by atoms with Crippen LogP contribution >= 0.6 is 11.6 Å². The minimum absolute atomic E-state index is 0.337. The third kappa shape index (κ3) is 7.52. The van der Waals surface area contributed by atoms with Crippen molar-refractivity contribution in [1.82, 2.24) is 5.32 Å². The molecule has 3 aromatic rings. The smallest absolute Gasteiger partial charge is 0.307 e. The van der Waals surface area contributed by atoms with E-state index in [4.69, 9.17) is 11.6 Å². The van der Waals surface area contributed by atoms with Crippen molar-refractivity contribution in [1.29, 1.82) is 0 Å². The topological polar surface area (TPSA) is 113 Å². The number of carboxylic acids is 1. The largest absolute Gasteiger partial charge is 0.481 e. The quantitative estimate of drug-likeness (QED) is 0.351. The molecule has 0 aliphatic carbocycles. The number of carbonyl (C=O) groups excluding carboxylic acids is 3. The third-order valence-corrected chi connectivity index (χ3v) is 5.62. The number of Topliss-reactive ketones (excluding diaryl/α,β-unsaturated/α-hetero) is 1. The number of amides is 2. The van der Waals surface area contributed by atoms with Gasteiger partial charge >= 0.3 is 5.97 Å². The summed E-state index contributed by atoms with van der Waals surface area (Å²) in [7, 11) is 0. The van der Waals surface area contributed by atoms with E-state index in [1.165, 1.54) is 6.92 Å². The average Bonchev–Trinajstić information content (AvgIpc) is 2.84. The number of rotatable bonds is 10. The lowest BCUT2D eigenvalue weighted by Gasteiger charge is -2.16. The van der Waals surface area contributed by atoms with Crippen molar-refractivity contribution in [3.8, 4) is 11.1 Å². The summed E-state index contributed by atoms with van der Waals surface area (Å²) < 4.78 is 0. The molecule has 35 heavy (non-hydrogen) atoms. The van der Waals surface area contributed by atoms with Crippen LogP contribution in [0.3, 0.4) is 0 Å². The van der Waals surface area contributed by atoms with Crippen molar-refractivity contribution in [2.24, 2.45) is 5.92 Å². The average molecular weight is 493 g/mol. The highest BCUT2D eigenvalue weighted by Gasteiger charge is 2.26. The summed E-state index contributed by atoms with van der Waals surface area (Å²) in [4.78, 5) is 49.1. The monoisotopic (exact) mass is 492 g/mol. The molecule has 2 atom stereocenters. The van der Waals surface area contributed by atoms with Crippen molar-refractivity contribution in [2.45, 2.75) is 25.8 Å². The Kier molecular flexibility index (Phi) is 8.75. The van der Waals surface area contributed by atoms with Crippen molar-refractivity contribution < 1.29 is 24.3 Å². The molecule has 0 fully saturated rings. The number of carboxylic acid groups (broad SMARTS) is 1. The molecular weight excluding hydrogens is 468 g/mol. The van der Waals surface area contributed by atoms with E-state index in [0.717, 1.165) is 11.1 Å². The molecule has 0 saturated heterocycles. The van der Waals surface area contributed by atoms with Gasteiger partial charge in [-0.1, -0.05) is 72.3 Å². The van der Waals surface area contributed by atoms with E-state index < -0.39 is 36.2 Å². The molecular formula is C27H25ClN2O5. The van der Waals surface area contributed by atoms with E-state index in [2.05, 4.69) is 10.6 Å². The molecule has 0 radical (unpaired) electrons. The summed E-state index contributed by atoms with van der Waals surface area (Å²) in [5.74, 6) is -3.98. The van der Waals surface area contributed by atoms with E-state index in [0.29, 0.717) is 16.3 Å². The first-order valence-electron chi connectivity index (χ1n) is 11.0. The van der Waals surface area contributed by atoms with E-state index in [9.17, 15) is 24.3 Å². The van der Waals surface area contributed by atoms with Crippen molar-refractivity contribution in [2.75, 3.05) is 5.32 Å². The Morgan fingerprint density at radius 2 is 1.51 bits per heavy atom. The Morgan fingerprint density at radius 1 is 0.857 bits per heavy atom. The van der Waals surface area contributed by atoms with Crippen LogP contribution in [0, 0.1) is 5.92 Å². The van der Waals surface area contributed by atoms with Gasteiger partial charge in [0.1, 0.15) is 6.04 Å². The zero-order chi connectivity index (χ0) is 25.4. The van der Waals surface area contributed by atoms with E-state index in [1.807, 2.05) is 30.3 Å². The predicted octanol–water partition coefficient (Wildman–Crippen LogP) is 4.81. The highest BCUT2D eigenvalue weighted by Crippen LogP contribution is 2.21. The number of benzene rings is 3. The second-order valence-electron chi connectivity index (χ2n) is 8.10. The number of ketones is 1. The second kappa shape index (κ2) is 11.9. The lowest BCUT2D eigenvalue weighted by atomic mass is 9.94. The van der Waals surface area contributed by atoms with Gasteiger partial charge in [0.25, 0.3) is 0 Å². The van der Waals surface area contributed by atoms with E-state index in [1.54, 1.807) is 48.5 Å². The molecule has 0 aliphatic heterocycles. The molecule has 0 bridgehead atoms. The van der Waals surface area contributed by atoms with Gasteiger partial charge in [0.2, 0.25) is 11.8 Å². The molecule has 180 valence electrons. The van der Waals surface area contributed by atoms with Gasteiger partial charge < -0.3 is 15.7 Å². The summed E-state index contributed by atoms with van der Waals surface area (Å²) in [5, 5.41) is 15.1. The Morgan fingerprint density at radius 3 is 2.14 bits per heavy atom. The first-order chi connectivity index (χ1) is 16.7. The third-order valence-electron chi connectivity index (χ3n) is 5.39. The number of nitrogens with one attached hydrogen (secondary N) is 2.